The van der Waals surface area contributed by atoms with E-state index in [1.54, 1.807) is 0 Å². The van der Waals surface area contributed by atoms with E-state index in [2.05, 4.69) is 27.4 Å². The summed E-state index contributed by atoms with van der Waals surface area (Å²) >= 11 is 0. The van der Waals surface area contributed by atoms with Gasteiger partial charge in [-0.05, 0) is 30.6 Å². The van der Waals surface area contributed by atoms with E-state index in [9.17, 15) is 5.11 Å². The summed E-state index contributed by atoms with van der Waals surface area (Å²) in [5.74, 6) is 0.997. The quantitative estimate of drug-likeness (QED) is 0.618. The summed E-state index contributed by atoms with van der Waals surface area (Å²) in [6.07, 6.45) is 5.03. The molecule has 1 saturated carbocycles. The molecule has 0 aromatic heterocycles. The van der Waals surface area contributed by atoms with Crippen LogP contribution in [0.5, 0.6) is 0 Å². The first-order chi connectivity index (χ1) is 5.95. The van der Waals surface area contributed by atoms with E-state index in [0.29, 0.717) is 17.3 Å². The number of aliphatic hydroxyl groups is 1. The Morgan fingerprint density at radius 2 is 1.92 bits per heavy atom. The van der Waals surface area contributed by atoms with Gasteiger partial charge in [0.1, 0.15) is 0 Å². The molecule has 0 aliphatic heterocycles. The second-order valence-corrected chi connectivity index (χ2v) is 5.34. The molecule has 0 aromatic rings. The summed E-state index contributed by atoms with van der Waals surface area (Å²) < 4.78 is 0. The Balaban J connectivity index is 2.55. The molecule has 1 fully saturated rings. The maximum absolute atomic E-state index is 9.83. The van der Waals surface area contributed by atoms with E-state index in [1.807, 2.05) is 6.08 Å². The van der Waals surface area contributed by atoms with E-state index in [-0.39, 0.29) is 6.10 Å². The minimum absolute atomic E-state index is 0.157. The lowest BCUT2D eigenvalue weighted by molar-refractivity contribution is 0.0304. The maximum Gasteiger partial charge on any atom is 0.0605 e. The van der Waals surface area contributed by atoms with E-state index < -0.39 is 0 Å². The zero-order valence-electron chi connectivity index (χ0n) is 9.09. The van der Waals surface area contributed by atoms with Crippen LogP contribution in [0, 0.1) is 17.3 Å². The van der Waals surface area contributed by atoms with Crippen molar-refractivity contribution in [2.75, 3.05) is 0 Å². The van der Waals surface area contributed by atoms with Crippen molar-refractivity contribution in [3.05, 3.63) is 12.7 Å². The molecule has 1 rings (SSSR count). The topological polar surface area (TPSA) is 20.2 Å². The Kier molecular flexibility index (Phi) is 3.18. The molecule has 1 N–H and O–H groups in total. The summed E-state index contributed by atoms with van der Waals surface area (Å²) in [5.41, 5.74) is 0.340. The number of aliphatic hydroxyl groups excluding tert-OH is 1. The van der Waals surface area contributed by atoms with Gasteiger partial charge in [0, 0.05) is 5.92 Å². The third kappa shape index (κ3) is 2.57. The van der Waals surface area contributed by atoms with Crippen molar-refractivity contribution in [3.63, 3.8) is 0 Å². The van der Waals surface area contributed by atoms with Crippen molar-refractivity contribution >= 4 is 0 Å². The fourth-order valence-electron chi connectivity index (χ4n) is 2.23. The van der Waals surface area contributed by atoms with Gasteiger partial charge >= 0.3 is 0 Å². The summed E-state index contributed by atoms with van der Waals surface area (Å²) in [4.78, 5) is 0. The standard InChI is InChI=1S/C12H22O/c1-5-9-6-7-10(8-11(9)13)12(2,3)4/h5,9-11,13H,1,6-8H2,2-4H3/t9-,10-,11-/m1/s1. The molecule has 0 radical (unpaired) electrons. The highest BCUT2D eigenvalue weighted by Crippen LogP contribution is 2.40. The van der Waals surface area contributed by atoms with Crippen LogP contribution in [0.15, 0.2) is 12.7 Å². The molecule has 1 aliphatic rings. The third-order valence-corrected chi connectivity index (χ3v) is 3.40. The van der Waals surface area contributed by atoms with Gasteiger partial charge < -0.3 is 5.11 Å². The van der Waals surface area contributed by atoms with Gasteiger partial charge in [-0.2, -0.15) is 0 Å². The van der Waals surface area contributed by atoms with E-state index in [4.69, 9.17) is 0 Å². The largest absolute Gasteiger partial charge is 0.393 e. The lowest BCUT2D eigenvalue weighted by Gasteiger charge is -2.38. The first-order valence-electron chi connectivity index (χ1n) is 5.25. The first kappa shape index (κ1) is 10.8. The number of rotatable bonds is 1. The van der Waals surface area contributed by atoms with Crippen LogP contribution in [0.4, 0.5) is 0 Å². The Hall–Kier alpha value is -0.300. The smallest absolute Gasteiger partial charge is 0.0605 e. The van der Waals surface area contributed by atoms with Gasteiger partial charge in [0.15, 0.2) is 0 Å². The molecule has 1 aliphatic carbocycles. The molecule has 0 saturated heterocycles. The highest BCUT2D eigenvalue weighted by Gasteiger charge is 2.33. The molecule has 1 heteroatoms. The molecule has 1 nitrogen and oxygen atoms in total. The Morgan fingerprint density at radius 1 is 1.31 bits per heavy atom. The highest BCUT2D eigenvalue weighted by molar-refractivity contribution is 4.92. The predicted octanol–water partition coefficient (Wildman–Crippen LogP) is 3.00. The molecule has 0 bridgehead atoms. The fraction of sp³-hybridized carbons (Fsp3) is 0.833. The lowest BCUT2D eigenvalue weighted by Crippen LogP contribution is -2.34. The number of hydrogen-bond acceptors (Lipinski definition) is 1. The second-order valence-electron chi connectivity index (χ2n) is 5.34. The van der Waals surface area contributed by atoms with Gasteiger partial charge in [0.25, 0.3) is 0 Å². The van der Waals surface area contributed by atoms with Gasteiger partial charge in [-0.3, -0.25) is 0 Å². The molecule has 0 heterocycles. The van der Waals surface area contributed by atoms with Crippen LogP contribution in [0.3, 0.4) is 0 Å². The molecule has 0 aromatic carbocycles. The Bertz CT molecular complexity index is 178. The maximum atomic E-state index is 9.83. The zero-order chi connectivity index (χ0) is 10.1. The van der Waals surface area contributed by atoms with Crippen LogP contribution in [0.2, 0.25) is 0 Å². The predicted molar refractivity (Wildman–Crippen MR) is 56.5 cm³/mol. The highest BCUT2D eigenvalue weighted by atomic mass is 16.3. The van der Waals surface area contributed by atoms with Crippen molar-refractivity contribution in [1.82, 2.24) is 0 Å². The summed E-state index contributed by atoms with van der Waals surface area (Å²) in [5, 5.41) is 9.83. The monoisotopic (exact) mass is 182 g/mol. The van der Waals surface area contributed by atoms with E-state index >= 15 is 0 Å². The Morgan fingerprint density at radius 3 is 2.31 bits per heavy atom. The molecular weight excluding hydrogens is 160 g/mol. The van der Waals surface area contributed by atoms with Gasteiger partial charge in [-0.25, -0.2) is 0 Å². The minimum Gasteiger partial charge on any atom is -0.393 e. The van der Waals surface area contributed by atoms with Crippen LogP contribution in [0.25, 0.3) is 0 Å². The van der Waals surface area contributed by atoms with Crippen molar-refractivity contribution in [2.24, 2.45) is 17.3 Å². The van der Waals surface area contributed by atoms with Crippen LogP contribution in [-0.4, -0.2) is 11.2 Å². The van der Waals surface area contributed by atoms with Gasteiger partial charge in [-0.15, -0.1) is 6.58 Å². The van der Waals surface area contributed by atoms with Crippen molar-refractivity contribution < 1.29 is 5.11 Å². The molecular formula is C12H22O. The second kappa shape index (κ2) is 3.83. The van der Waals surface area contributed by atoms with Crippen LogP contribution in [0.1, 0.15) is 40.0 Å². The average molecular weight is 182 g/mol. The zero-order valence-corrected chi connectivity index (χ0v) is 9.09. The van der Waals surface area contributed by atoms with Crippen molar-refractivity contribution in [2.45, 2.75) is 46.1 Å². The first-order valence-corrected chi connectivity index (χ1v) is 5.25. The molecule has 0 amide bonds. The molecule has 0 spiro atoms. The van der Waals surface area contributed by atoms with Crippen LogP contribution < -0.4 is 0 Å². The van der Waals surface area contributed by atoms with Crippen LogP contribution >= 0.6 is 0 Å². The van der Waals surface area contributed by atoms with E-state index in [0.717, 1.165) is 12.8 Å². The fourth-order valence-corrected chi connectivity index (χ4v) is 2.23. The summed E-state index contributed by atoms with van der Waals surface area (Å²) in [6.45, 7) is 10.5. The van der Waals surface area contributed by atoms with Crippen molar-refractivity contribution in [3.8, 4) is 0 Å². The number of hydrogen-bond donors (Lipinski definition) is 1. The molecule has 13 heavy (non-hydrogen) atoms. The summed E-state index contributed by atoms with van der Waals surface area (Å²) in [7, 11) is 0. The SMILES string of the molecule is C=C[C@@H]1CC[C@@H](C(C)(C)C)C[C@H]1O. The minimum atomic E-state index is -0.157. The molecule has 0 unspecified atom stereocenters. The van der Waals surface area contributed by atoms with Gasteiger partial charge in [0.2, 0.25) is 0 Å². The Labute approximate surface area is 81.9 Å². The van der Waals surface area contributed by atoms with Crippen molar-refractivity contribution in [1.29, 1.82) is 0 Å². The molecule has 3 atom stereocenters. The van der Waals surface area contributed by atoms with Crippen LogP contribution in [-0.2, 0) is 0 Å². The van der Waals surface area contributed by atoms with Gasteiger partial charge in [-0.1, -0.05) is 26.8 Å². The lowest BCUT2D eigenvalue weighted by atomic mass is 9.69. The third-order valence-electron chi connectivity index (χ3n) is 3.40. The molecule has 76 valence electrons. The normalized spacial score (nSPS) is 35.8. The van der Waals surface area contributed by atoms with E-state index in [1.165, 1.54) is 6.42 Å². The summed E-state index contributed by atoms with van der Waals surface area (Å²) in [6, 6.07) is 0. The van der Waals surface area contributed by atoms with Gasteiger partial charge in [0.05, 0.1) is 6.10 Å². The average Bonchev–Trinajstić information content (AvgIpc) is 2.02.